The number of aliphatic hydroxyl groups excluding tert-OH is 1. The molecule has 0 unspecified atom stereocenters. The van der Waals surface area contributed by atoms with Gasteiger partial charge in [-0.1, -0.05) is 17.9 Å². The second-order valence-corrected chi connectivity index (χ2v) is 4.99. The summed E-state index contributed by atoms with van der Waals surface area (Å²) in [4.78, 5) is 14.4. The normalized spacial score (nSPS) is 10.1. The van der Waals surface area contributed by atoms with Crippen molar-refractivity contribution in [3.8, 4) is 11.8 Å². The van der Waals surface area contributed by atoms with Crippen LogP contribution < -0.4 is 0 Å². The molecule has 1 amide bonds. The quantitative estimate of drug-likeness (QED) is 0.857. The Kier molecular flexibility index (Phi) is 6.27. The zero-order chi connectivity index (χ0) is 15.1. The number of benzene rings is 1. The van der Waals surface area contributed by atoms with Crippen LogP contribution in [0.3, 0.4) is 0 Å². The lowest BCUT2D eigenvalue weighted by atomic mass is 10.0. The van der Waals surface area contributed by atoms with E-state index in [4.69, 9.17) is 5.11 Å². The zero-order valence-corrected chi connectivity index (χ0v) is 12.7. The number of carbonyl (C=O) groups excluding carboxylic acids is 1. The van der Waals surface area contributed by atoms with Gasteiger partial charge in [-0.05, 0) is 45.4 Å². The molecular weight excluding hydrogens is 250 g/mol. The predicted octanol–water partition coefficient (Wildman–Crippen LogP) is 2.60. The zero-order valence-electron chi connectivity index (χ0n) is 12.7. The van der Waals surface area contributed by atoms with Gasteiger partial charge in [0.25, 0.3) is 5.91 Å². The molecule has 0 radical (unpaired) electrons. The molecule has 20 heavy (non-hydrogen) atoms. The van der Waals surface area contributed by atoms with E-state index in [0.717, 1.165) is 11.1 Å². The van der Waals surface area contributed by atoms with Gasteiger partial charge in [0.1, 0.15) is 0 Å². The minimum Gasteiger partial charge on any atom is -0.395 e. The van der Waals surface area contributed by atoms with Crippen LogP contribution in [-0.4, -0.2) is 35.1 Å². The Balaban J connectivity index is 3.08. The van der Waals surface area contributed by atoms with Gasteiger partial charge in [0, 0.05) is 30.1 Å². The highest BCUT2D eigenvalue weighted by Gasteiger charge is 2.18. The number of rotatable bonds is 4. The first-order valence-electron chi connectivity index (χ1n) is 7.02. The predicted molar refractivity (Wildman–Crippen MR) is 81.6 cm³/mol. The van der Waals surface area contributed by atoms with Crippen LogP contribution in [0.15, 0.2) is 18.2 Å². The summed E-state index contributed by atoms with van der Waals surface area (Å²) in [5.41, 5.74) is 2.48. The van der Waals surface area contributed by atoms with Gasteiger partial charge in [-0.3, -0.25) is 4.79 Å². The molecule has 1 rings (SSSR count). The first-order valence-corrected chi connectivity index (χ1v) is 7.02. The summed E-state index contributed by atoms with van der Waals surface area (Å²) < 4.78 is 0. The number of amides is 1. The van der Waals surface area contributed by atoms with Gasteiger partial charge in [-0.25, -0.2) is 0 Å². The second-order valence-electron chi connectivity index (χ2n) is 4.99. The summed E-state index contributed by atoms with van der Waals surface area (Å²) in [5.74, 6) is 5.90. The third-order valence-electron chi connectivity index (χ3n) is 3.16. The first kappa shape index (κ1) is 16.3. The molecule has 0 saturated heterocycles. The third-order valence-corrected chi connectivity index (χ3v) is 3.16. The Labute approximate surface area is 121 Å². The van der Waals surface area contributed by atoms with E-state index in [1.165, 1.54) is 0 Å². The molecule has 1 aromatic carbocycles. The van der Waals surface area contributed by atoms with E-state index in [2.05, 4.69) is 11.8 Å². The fraction of sp³-hybridized carbons (Fsp3) is 0.471. The minimum atomic E-state index is 0.0470. The van der Waals surface area contributed by atoms with Crippen LogP contribution in [0.2, 0.25) is 0 Å². The Bertz CT molecular complexity index is 524. The largest absolute Gasteiger partial charge is 0.395 e. The maximum absolute atomic E-state index is 12.6. The summed E-state index contributed by atoms with van der Waals surface area (Å²) >= 11 is 0. The number of carbonyl (C=O) groups is 1. The molecule has 108 valence electrons. The van der Waals surface area contributed by atoms with Crippen molar-refractivity contribution in [2.24, 2.45) is 0 Å². The van der Waals surface area contributed by atoms with Gasteiger partial charge in [0.15, 0.2) is 0 Å². The Morgan fingerprint density at radius 2 is 2.10 bits per heavy atom. The maximum atomic E-state index is 12.6. The van der Waals surface area contributed by atoms with Crippen molar-refractivity contribution in [1.29, 1.82) is 0 Å². The van der Waals surface area contributed by atoms with Crippen molar-refractivity contribution in [3.63, 3.8) is 0 Å². The summed E-state index contributed by atoms with van der Waals surface area (Å²) in [6.45, 7) is 8.70. The molecule has 0 aromatic heterocycles. The molecule has 3 heteroatoms. The molecule has 1 N–H and O–H groups in total. The fourth-order valence-corrected chi connectivity index (χ4v) is 2.05. The fourth-order valence-electron chi connectivity index (χ4n) is 2.05. The van der Waals surface area contributed by atoms with Crippen LogP contribution in [0, 0.1) is 18.8 Å². The first-order chi connectivity index (χ1) is 9.51. The molecular formula is C17H23NO2. The highest BCUT2D eigenvalue weighted by Crippen LogP contribution is 2.15. The Morgan fingerprint density at radius 3 is 2.65 bits per heavy atom. The van der Waals surface area contributed by atoms with Crippen molar-refractivity contribution >= 4 is 5.91 Å². The van der Waals surface area contributed by atoms with E-state index < -0.39 is 0 Å². The van der Waals surface area contributed by atoms with E-state index in [0.29, 0.717) is 18.5 Å². The van der Waals surface area contributed by atoms with Gasteiger partial charge in [-0.2, -0.15) is 0 Å². The van der Waals surface area contributed by atoms with Gasteiger partial charge in [0.2, 0.25) is 0 Å². The molecule has 0 aliphatic heterocycles. The smallest absolute Gasteiger partial charge is 0.254 e. The molecule has 3 nitrogen and oxygen atoms in total. The standard InChI is InChI=1S/C17H23NO2/c1-5-18(13(2)3)17(20)16-12-15(8-6-7-11-19)10-9-14(16)4/h9-10,12-13,19H,5,7,11H2,1-4H3. The lowest BCUT2D eigenvalue weighted by molar-refractivity contribution is 0.0716. The van der Waals surface area contributed by atoms with Crippen LogP contribution in [0.4, 0.5) is 0 Å². The van der Waals surface area contributed by atoms with Crippen molar-refractivity contribution in [1.82, 2.24) is 4.90 Å². The maximum Gasteiger partial charge on any atom is 0.254 e. The Morgan fingerprint density at radius 1 is 1.40 bits per heavy atom. The average Bonchev–Trinajstić information content (AvgIpc) is 2.41. The van der Waals surface area contributed by atoms with E-state index in [1.54, 1.807) is 0 Å². The van der Waals surface area contributed by atoms with Crippen LogP contribution in [0.1, 0.15) is 48.7 Å². The van der Waals surface area contributed by atoms with Gasteiger partial charge >= 0.3 is 0 Å². The van der Waals surface area contributed by atoms with E-state index in [-0.39, 0.29) is 18.6 Å². The van der Waals surface area contributed by atoms with Crippen LogP contribution in [0.5, 0.6) is 0 Å². The monoisotopic (exact) mass is 273 g/mol. The molecule has 1 aromatic rings. The van der Waals surface area contributed by atoms with Crippen LogP contribution in [0.25, 0.3) is 0 Å². The highest BCUT2D eigenvalue weighted by molar-refractivity contribution is 5.96. The molecule has 0 bridgehead atoms. The Hall–Kier alpha value is -1.79. The van der Waals surface area contributed by atoms with Crippen LogP contribution in [-0.2, 0) is 0 Å². The molecule has 0 aliphatic carbocycles. The third kappa shape index (κ3) is 4.11. The summed E-state index contributed by atoms with van der Waals surface area (Å²) in [7, 11) is 0. The van der Waals surface area contributed by atoms with Crippen molar-refractivity contribution in [3.05, 3.63) is 34.9 Å². The topological polar surface area (TPSA) is 40.5 Å². The number of nitrogens with zero attached hydrogens (tertiary/aromatic N) is 1. The van der Waals surface area contributed by atoms with Gasteiger partial charge in [0.05, 0.1) is 6.61 Å². The molecule has 0 heterocycles. The number of hydrogen-bond acceptors (Lipinski definition) is 2. The van der Waals surface area contributed by atoms with E-state index in [1.807, 2.05) is 50.8 Å². The molecule has 0 spiro atoms. The molecule has 0 fully saturated rings. The second kappa shape index (κ2) is 7.72. The lowest BCUT2D eigenvalue weighted by Crippen LogP contribution is -2.37. The van der Waals surface area contributed by atoms with Gasteiger partial charge < -0.3 is 10.0 Å². The summed E-state index contributed by atoms with van der Waals surface area (Å²) in [6.07, 6.45) is 0.449. The molecule has 0 saturated carbocycles. The van der Waals surface area contributed by atoms with Crippen molar-refractivity contribution in [2.45, 2.75) is 40.2 Å². The van der Waals surface area contributed by atoms with Gasteiger partial charge in [-0.15, -0.1) is 0 Å². The summed E-state index contributed by atoms with van der Waals surface area (Å²) in [6, 6.07) is 5.84. The number of aliphatic hydroxyl groups is 1. The number of aryl methyl sites for hydroxylation is 1. The summed E-state index contributed by atoms with van der Waals surface area (Å²) in [5, 5.41) is 8.73. The van der Waals surface area contributed by atoms with E-state index in [9.17, 15) is 4.79 Å². The lowest BCUT2D eigenvalue weighted by Gasteiger charge is -2.26. The van der Waals surface area contributed by atoms with Crippen molar-refractivity contribution in [2.75, 3.05) is 13.2 Å². The minimum absolute atomic E-state index is 0.0470. The van der Waals surface area contributed by atoms with Crippen LogP contribution >= 0.6 is 0 Å². The SMILES string of the molecule is CCN(C(=O)c1cc(C#CCCO)ccc1C)C(C)C. The molecule has 0 atom stereocenters. The van der Waals surface area contributed by atoms with Crippen molar-refractivity contribution < 1.29 is 9.90 Å². The number of hydrogen-bond donors (Lipinski definition) is 1. The average molecular weight is 273 g/mol. The highest BCUT2D eigenvalue weighted by atomic mass is 16.2. The molecule has 0 aliphatic rings. The van der Waals surface area contributed by atoms with E-state index >= 15 is 0 Å².